The van der Waals surface area contributed by atoms with E-state index in [0.717, 1.165) is 18.4 Å². The van der Waals surface area contributed by atoms with Crippen LogP contribution >= 0.6 is 0 Å². The van der Waals surface area contributed by atoms with Crippen LogP contribution < -0.4 is 4.72 Å². The molecule has 2 aromatic rings. The van der Waals surface area contributed by atoms with E-state index in [1.165, 1.54) is 24.0 Å². The van der Waals surface area contributed by atoms with E-state index >= 15 is 0 Å². The Hall–Kier alpha value is -2.18. The minimum atomic E-state index is -3.51. The minimum Gasteiger partial charge on any atom is -0.342 e. The molecule has 5 nitrogen and oxygen atoms in total. The molecular weight excluding hydrogens is 384 g/mol. The van der Waals surface area contributed by atoms with E-state index < -0.39 is 10.0 Å². The van der Waals surface area contributed by atoms with E-state index in [-0.39, 0.29) is 16.8 Å². The Morgan fingerprint density at radius 1 is 0.966 bits per heavy atom. The van der Waals surface area contributed by atoms with E-state index in [9.17, 15) is 13.2 Å². The van der Waals surface area contributed by atoms with Gasteiger partial charge in [-0.1, -0.05) is 36.4 Å². The van der Waals surface area contributed by atoms with Gasteiger partial charge in [0.15, 0.2) is 0 Å². The standard InChI is InChI=1S/C23H28N2O3S/c26-23(17-18-10-11-19-6-4-5-7-20(19)16-18)25-14-12-21(13-15-25)24-29(27,28)22-8-2-1-3-9-22/h1-3,8-11,16,21,24H,4-7,12-15,17H2. The molecule has 6 heteroatoms. The smallest absolute Gasteiger partial charge is 0.240 e. The SMILES string of the molecule is O=C(Cc1ccc2c(c1)CCCC2)N1CCC(NS(=O)(=O)c2ccccc2)CC1. The third-order valence-electron chi connectivity index (χ3n) is 5.99. The van der Waals surface area contributed by atoms with Gasteiger partial charge in [0, 0.05) is 19.1 Å². The van der Waals surface area contributed by atoms with Crippen molar-refractivity contribution in [3.63, 3.8) is 0 Å². The second kappa shape index (κ2) is 8.67. The predicted molar refractivity (Wildman–Crippen MR) is 113 cm³/mol. The topological polar surface area (TPSA) is 66.5 Å². The number of hydrogen-bond donors (Lipinski definition) is 1. The van der Waals surface area contributed by atoms with E-state index in [0.29, 0.717) is 32.4 Å². The number of likely N-dealkylation sites (tertiary alicyclic amines) is 1. The summed E-state index contributed by atoms with van der Waals surface area (Å²) in [6, 6.07) is 14.8. The lowest BCUT2D eigenvalue weighted by Gasteiger charge is -2.32. The molecule has 1 fully saturated rings. The first-order chi connectivity index (χ1) is 14.0. The number of nitrogens with zero attached hydrogens (tertiary/aromatic N) is 1. The van der Waals surface area contributed by atoms with Crippen molar-refractivity contribution in [3.05, 3.63) is 65.2 Å². The number of aryl methyl sites for hydroxylation is 2. The zero-order chi connectivity index (χ0) is 20.3. The summed E-state index contributed by atoms with van der Waals surface area (Å²) in [6.07, 6.45) is 6.46. The molecule has 2 aliphatic rings. The molecule has 0 radical (unpaired) electrons. The zero-order valence-corrected chi connectivity index (χ0v) is 17.5. The molecule has 0 atom stereocenters. The second-order valence-corrected chi connectivity index (χ2v) is 9.79. The second-order valence-electron chi connectivity index (χ2n) is 8.08. The number of hydrogen-bond acceptors (Lipinski definition) is 3. The Kier molecular flexibility index (Phi) is 6.01. The number of carbonyl (C=O) groups excluding carboxylic acids is 1. The van der Waals surface area contributed by atoms with Gasteiger partial charge in [-0.05, 0) is 67.3 Å². The van der Waals surface area contributed by atoms with Crippen molar-refractivity contribution in [2.75, 3.05) is 13.1 Å². The van der Waals surface area contributed by atoms with E-state index in [4.69, 9.17) is 0 Å². The Labute approximate surface area is 173 Å². The molecule has 4 rings (SSSR count). The maximum atomic E-state index is 12.7. The van der Waals surface area contributed by atoms with Crippen LogP contribution in [-0.2, 0) is 34.1 Å². The fourth-order valence-corrected chi connectivity index (χ4v) is 5.64. The van der Waals surface area contributed by atoms with Gasteiger partial charge in [-0.2, -0.15) is 0 Å². The number of piperidine rings is 1. The summed E-state index contributed by atoms with van der Waals surface area (Å²) >= 11 is 0. The van der Waals surface area contributed by atoms with Crippen LogP contribution in [-0.4, -0.2) is 38.4 Å². The summed E-state index contributed by atoms with van der Waals surface area (Å²) in [7, 11) is -3.51. The van der Waals surface area contributed by atoms with Crippen LogP contribution in [0.3, 0.4) is 0 Å². The molecule has 1 aliphatic heterocycles. The number of carbonyl (C=O) groups is 1. The quantitative estimate of drug-likeness (QED) is 0.821. The summed E-state index contributed by atoms with van der Waals surface area (Å²) < 4.78 is 27.8. The van der Waals surface area contributed by atoms with Crippen molar-refractivity contribution in [1.82, 2.24) is 9.62 Å². The third kappa shape index (κ3) is 4.87. The average Bonchev–Trinajstić information content (AvgIpc) is 2.74. The van der Waals surface area contributed by atoms with Gasteiger partial charge in [0.2, 0.25) is 15.9 Å². The van der Waals surface area contributed by atoms with Gasteiger partial charge >= 0.3 is 0 Å². The van der Waals surface area contributed by atoms with Crippen LogP contribution in [0.5, 0.6) is 0 Å². The molecule has 1 amide bonds. The van der Waals surface area contributed by atoms with Crippen LogP contribution in [0.2, 0.25) is 0 Å². The fourth-order valence-electron chi connectivity index (χ4n) is 4.32. The van der Waals surface area contributed by atoms with Gasteiger partial charge in [-0.25, -0.2) is 13.1 Å². The number of sulfonamides is 1. The first-order valence-electron chi connectivity index (χ1n) is 10.5. The maximum absolute atomic E-state index is 12.7. The molecule has 1 N–H and O–H groups in total. The summed E-state index contributed by atoms with van der Waals surface area (Å²) in [5, 5.41) is 0. The van der Waals surface area contributed by atoms with E-state index in [2.05, 4.69) is 22.9 Å². The van der Waals surface area contributed by atoms with Crippen molar-refractivity contribution < 1.29 is 13.2 Å². The molecule has 2 aromatic carbocycles. The normalized spacial score (nSPS) is 17.7. The molecule has 0 unspecified atom stereocenters. The lowest BCUT2D eigenvalue weighted by Crippen LogP contribution is -2.46. The maximum Gasteiger partial charge on any atom is 0.240 e. The highest BCUT2D eigenvalue weighted by atomic mass is 32.2. The Morgan fingerprint density at radius 3 is 2.38 bits per heavy atom. The molecule has 29 heavy (non-hydrogen) atoms. The van der Waals surface area contributed by atoms with Crippen molar-refractivity contribution >= 4 is 15.9 Å². The largest absolute Gasteiger partial charge is 0.342 e. The highest BCUT2D eigenvalue weighted by molar-refractivity contribution is 7.89. The molecule has 0 aromatic heterocycles. The van der Waals surface area contributed by atoms with Crippen molar-refractivity contribution in [2.45, 2.75) is 55.9 Å². The fraction of sp³-hybridized carbons (Fsp3) is 0.435. The molecule has 1 aliphatic carbocycles. The van der Waals surface area contributed by atoms with Gasteiger partial charge in [0.05, 0.1) is 11.3 Å². The highest BCUT2D eigenvalue weighted by Gasteiger charge is 2.26. The number of amides is 1. The lowest BCUT2D eigenvalue weighted by molar-refractivity contribution is -0.131. The first kappa shape index (κ1) is 20.1. The molecule has 0 saturated carbocycles. The van der Waals surface area contributed by atoms with Crippen molar-refractivity contribution in [3.8, 4) is 0 Å². The molecule has 1 heterocycles. The van der Waals surface area contributed by atoms with Crippen molar-refractivity contribution in [2.24, 2.45) is 0 Å². The zero-order valence-electron chi connectivity index (χ0n) is 16.6. The first-order valence-corrected chi connectivity index (χ1v) is 12.0. The molecule has 0 spiro atoms. The van der Waals surface area contributed by atoms with Gasteiger partial charge in [-0.3, -0.25) is 4.79 Å². The van der Waals surface area contributed by atoms with Gasteiger partial charge in [-0.15, -0.1) is 0 Å². The highest BCUT2D eigenvalue weighted by Crippen LogP contribution is 2.23. The third-order valence-corrected chi connectivity index (χ3v) is 7.53. The van der Waals surface area contributed by atoms with Crippen LogP contribution in [0.1, 0.15) is 42.4 Å². The van der Waals surface area contributed by atoms with E-state index in [1.807, 2.05) is 4.90 Å². The van der Waals surface area contributed by atoms with Crippen molar-refractivity contribution in [1.29, 1.82) is 0 Å². The molecule has 1 saturated heterocycles. The predicted octanol–water partition coefficient (Wildman–Crippen LogP) is 3.08. The van der Waals surface area contributed by atoms with Gasteiger partial charge in [0.25, 0.3) is 0 Å². The monoisotopic (exact) mass is 412 g/mol. The van der Waals surface area contributed by atoms with Crippen LogP contribution in [0.25, 0.3) is 0 Å². The Bertz CT molecular complexity index is 965. The summed E-state index contributed by atoms with van der Waals surface area (Å²) in [5.41, 5.74) is 3.91. The summed E-state index contributed by atoms with van der Waals surface area (Å²) in [5.74, 6) is 0.130. The molecule has 154 valence electrons. The summed E-state index contributed by atoms with van der Waals surface area (Å²) in [4.78, 5) is 14.9. The van der Waals surface area contributed by atoms with Crippen LogP contribution in [0.15, 0.2) is 53.4 Å². The minimum absolute atomic E-state index is 0.130. The number of nitrogens with one attached hydrogen (secondary N) is 1. The number of fused-ring (bicyclic) bond motifs is 1. The summed E-state index contributed by atoms with van der Waals surface area (Å²) in [6.45, 7) is 1.18. The van der Waals surface area contributed by atoms with Crippen LogP contribution in [0.4, 0.5) is 0 Å². The molecule has 0 bridgehead atoms. The van der Waals surface area contributed by atoms with Gasteiger partial charge in [0.1, 0.15) is 0 Å². The lowest BCUT2D eigenvalue weighted by atomic mass is 9.90. The van der Waals surface area contributed by atoms with Gasteiger partial charge < -0.3 is 4.90 Å². The molecular formula is C23H28N2O3S. The van der Waals surface area contributed by atoms with Crippen LogP contribution in [0, 0.1) is 0 Å². The average molecular weight is 413 g/mol. The Balaban J connectivity index is 1.31. The number of benzene rings is 2. The number of rotatable bonds is 5. The van der Waals surface area contributed by atoms with E-state index in [1.54, 1.807) is 30.3 Å². The Morgan fingerprint density at radius 2 is 1.66 bits per heavy atom.